The molecule has 100 valence electrons. The van der Waals surface area contributed by atoms with E-state index in [1.165, 1.54) is 0 Å². The van der Waals surface area contributed by atoms with Crippen LogP contribution in [0.15, 0.2) is 54.9 Å². The van der Waals surface area contributed by atoms with Gasteiger partial charge in [0.15, 0.2) is 0 Å². The van der Waals surface area contributed by atoms with Crippen molar-refractivity contribution in [3.05, 3.63) is 66.1 Å². The number of anilines is 1. The molecule has 0 radical (unpaired) electrons. The monoisotopic (exact) mass is 267 g/mol. The predicted molar refractivity (Wildman–Crippen MR) is 75.9 cm³/mol. The Hall–Kier alpha value is -2.82. The van der Waals surface area contributed by atoms with E-state index in [1.807, 2.05) is 41.1 Å². The van der Waals surface area contributed by atoms with Gasteiger partial charge < -0.3 is 14.8 Å². The Bertz CT molecular complexity index is 731. The van der Waals surface area contributed by atoms with Crippen molar-refractivity contribution in [3.8, 4) is 0 Å². The van der Waals surface area contributed by atoms with Crippen LogP contribution < -0.4 is 5.32 Å². The lowest BCUT2D eigenvalue weighted by molar-refractivity contribution is 0.0697. The van der Waals surface area contributed by atoms with Gasteiger partial charge in [0.1, 0.15) is 5.65 Å². The van der Waals surface area contributed by atoms with Gasteiger partial charge in [-0.25, -0.2) is 9.78 Å². The van der Waals surface area contributed by atoms with Gasteiger partial charge in [-0.2, -0.15) is 0 Å². The highest BCUT2D eigenvalue weighted by molar-refractivity contribution is 5.88. The van der Waals surface area contributed by atoms with Crippen molar-refractivity contribution in [1.82, 2.24) is 9.38 Å². The molecular formula is C15H13N3O2. The molecule has 20 heavy (non-hydrogen) atoms. The van der Waals surface area contributed by atoms with Crippen LogP contribution in [-0.2, 0) is 6.54 Å². The van der Waals surface area contributed by atoms with Gasteiger partial charge in [0.05, 0.1) is 17.8 Å². The smallest absolute Gasteiger partial charge is 0.335 e. The first kappa shape index (κ1) is 12.2. The summed E-state index contributed by atoms with van der Waals surface area (Å²) in [6.45, 7) is 0.546. The third-order valence-corrected chi connectivity index (χ3v) is 3.00. The third kappa shape index (κ3) is 2.47. The lowest BCUT2D eigenvalue weighted by Gasteiger charge is -2.04. The van der Waals surface area contributed by atoms with E-state index in [1.54, 1.807) is 18.2 Å². The molecule has 0 aliphatic carbocycles. The summed E-state index contributed by atoms with van der Waals surface area (Å²) in [5.41, 5.74) is 2.83. The molecular weight excluding hydrogens is 254 g/mol. The number of nitrogens with zero attached hydrogens (tertiary/aromatic N) is 2. The highest BCUT2D eigenvalue weighted by Crippen LogP contribution is 2.12. The molecule has 5 heteroatoms. The molecule has 0 saturated heterocycles. The number of nitrogens with one attached hydrogen (secondary N) is 1. The average Bonchev–Trinajstić information content (AvgIpc) is 2.88. The molecule has 1 aromatic carbocycles. The Morgan fingerprint density at radius 2 is 2.15 bits per heavy atom. The zero-order valence-electron chi connectivity index (χ0n) is 10.7. The number of pyridine rings is 1. The van der Waals surface area contributed by atoms with E-state index in [4.69, 9.17) is 5.11 Å². The summed E-state index contributed by atoms with van der Waals surface area (Å²) in [5, 5.41) is 12.1. The van der Waals surface area contributed by atoms with E-state index in [0.29, 0.717) is 6.54 Å². The summed E-state index contributed by atoms with van der Waals surface area (Å²) in [6, 6.07) is 12.6. The molecule has 2 heterocycles. The van der Waals surface area contributed by atoms with Gasteiger partial charge in [-0.05, 0) is 30.3 Å². The first-order valence-corrected chi connectivity index (χ1v) is 6.22. The molecule has 0 spiro atoms. The number of hydrogen-bond donors (Lipinski definition) is 2. The molecule has 0 fully saturated rings. The van der Waals surface area contributed by atoms with Gasteiger partial charge in [-0.1, -0.05) is 12.1 Å². The fraction of sp³-hybridized carbons (Fsp3) is 0.0667. The van der Waals surface area contributed by atoms with Gasteiger partial charge in [0, 0.05) is 18.1 Å². The van der Waals surface area contributed by atoms with Gasteiger partial charge in [0.2, 0.25) is 0 Å². The summed E-state index contributed by atoms with van der Waals surface area (Å²) in [5.74, 6) is -0.929. The van der Waals surface area contributed by atoms with Crippen molar-refractivity contribution >= 4 is 17.3 Å². The molecule has 2 N–H and O–H groups in total. The number of carbonyl (C=O) groups is 1. The first-order chi connectivity index (χ1) is 9.72. The summed E-state index contributed by atoms with van der Waals surface area (Å²) in [4.78, 5) is 15.4. The Kier molecular flexibility index (Phi) is 3.09. The van der Waals surface area contributed by atoms with Crippen molar-refractivity contribution < 1.29 is 9.90 Å². The molecule has 0 saturated carbocycles. The number of fused-ring (bicyclic) bond motifs is 1. The van der Waals surface area contributed by atoms with Crippen molar-refractivity contribution in [2.45, 2.75) is 6.54 Å². The van der Waals surface area contributed by atoms with Crippen LogP contribution >= 0.6 is 0 Å². The molecule has 0 amide bonds. The van der Waals surface area contributed by atoms with Crippen LogP contribution in [0, 0.1) is 0 Å². The lowest BCUT2D eigenvalue weighted by atomic mass is 10.2. The fourth-order valence-electron chi connectivity index (χ4n) is 2.03. The highest BCUT2D eigenvalue weighted by atomic mass is 16.4. The molecule has 0 aliphatic heterocycles. The normalized spacial score (nSPS) is 10.6. The Labute approximate surface area is 115 Å². The predicted octanol–water partition coefficient (Wildman–Crippen LogP) is 2.64. The van der Waals surface area contributed by atoms with Gasteiger partial charge in [-0.3, -0.25) is 0 Å². The number of carboxylic acid groups (broad SMARTS) is 1. The number of carboxylic acids is 1. The Balaban J connectivity index is 1.75. The maximum atomic E-state index is 10.9. The largest absolute Gasteiger partial charge is 0.478 e. The molecule has 0 aliphatic rings. The van der Waals surface area contributed by atoms with E-state index in [0.717, 1.165) is 17.0 Å². The van der Waals surface area contributed by atoms with Crippen molar-refractivity contribution in [2.75, 3.05) is 5.32 Å². The van der Waals surface area contributed by atoms with Crippen LogP contribution in [0.4, 0.5) is 5.69 Å². The quantitative estimate of drug-likeness (QED) is 0.762. The number of imidazole rings is 1. The molecule has 0 bridgehead atoms. The third-order valence-electron chi connectivity index (χ3n) is 3.00. The topological polar surface area (TPSA) is 66.6 Å². The summed E-state index contributed by atoms with van der Waals surface area (Å²) in [6.07, 6.45) is 3.89. The highest BCUT2D eigenvalue weighted by Gasteiger charge is 2.04. The van der Waals surface area contributed by atoms with Gasteiger partial charge in [0.25, 0.3) is 0 Å². The number of benzene rings is 1. The zero-order chi connectivity index (χ0) is 13.9. The lowest BCUT2D eigenvalue weighted by Crippen LogP contribution is -2.02. The SMILES string of the molecule is O=C(O)c1cccc(NCc2cn3ccccc3n2)c1. The minimum absolute atomic E-state index is 0.269. The number of aromatic nitrogens is 2. The van der Waals surface area contributed by atoms with Gasteiger partial charge >= 0.3 is 5.97 Å². The van der Waals surface area contributed by atoms with E-state index in [2.05, 4.69) is 10.3 Å². The van der Waals surface area contributed by atoms with E-state index in [9.17, 15) is 4.79 Å². The Morgan fingerprint density at radius 1 is 1.25 bits per heavy atom. The molecule has 0 unspecified atom stereocenters. The molecule has 3 aromatic rings. The van der Waals surface area contributed by atoms with Crippen molar-refractivity contribution in [2.24, 2.45) is 0 Å². The maximum Gasteiger partial charge on any atom is 0.335 e. The van der Waals surface area contributed by atoms with E-state index < -0.39 is 5.97 Å². The van der Waals surface area contributed by atoms with E-state index in [-0.39, 0.29) is 5.56 Å². The molecule has 3 rings (SSSR count). The van der Waals surface area contributed by atoms with Crippen LogP contribution in [-0.4, -0.2) is 20.5 Å². The second kappa shape index (κ2) is 5.05. The minimum Gasteiger partial charge on any atom is -0.478 e. The second-order valence-corrected chi connectivity index (χ2v) is 4.44. The summed E-state index contributed by atoms with van der Waals surface area (Å²) in [7, 11) is 0. The minimum atomic E-state index is -0.929. The number of rotatable bonds is 4. The molecule has 5 nitrogen and oxygen atoms in total. The van der Waals surface area contributed by atoms with Crippen LogP contribution in [0.5, 0.6) is 0 Å². The van der Waals surface area contributed by atoms with Crippen LogP contribution in [0.2, 0.25) is 0 Å². The summed E-state index contributed by atoms with van der Waals surface area (Å²) >= 11 is 0. The number of aromatic carboxylic acids is 1. The number of hydrogen-bond acceptors (Lipinski definition) is 3. The maximum absolute atomic E-state index is 10.9. The van der Waals surface area contributed by atoms with Crippen molar-refractivity contribution in [3.63, 3.8) is 0 Å². The first-order valence-electron chi connectivity index (χ1n) is 6.22. The molecule has 2 aromatic heterocycles. The average molecular weight is 267 g/mol. The Morgan fingerprint density at radius 3 is 2.95 bits per heavy atom. The fourth-order valence-corrected chi connectivity index (χ4v) is 2.03. The van der Waals surface area contributed by atoms with Crippen molar-refractivity contribution in [1.29, 1.82) is 0 Å². The van der Waals surface area contributed by atoms with Crippen LogP contribution in [0.25, 0.3) is 5.65 Å². The second-order valence-electron chi connectivity index (χ2n) is 4.44. The standard InChI is InChI=1S/C15H13N3O2/c19-15(20)11-4-3-5-12(8-11)16-9-13-10-18-7-2-1-6-14(18)17-13/h1-8,10,16H,9H2,(H,19,20). The van der Waals surface area contributed by atoms with Gasteiger partial charge in [-0.15, -0.1) is 0 Å². The van der Waals surface area contributed by atoms with E-state index >= 15 is 0 Å². The van der Waals surface area contributed by atoms with Crippen LogP contribution in [0.1, 0.15) is 16.1 Å². The van der Waals surface area contributed by atoms with Crippen LogP contribution in [0.3, 0.4) is 0 Å². The molecule has 0 atom stereocenters. The summed E-state index contributed by atoms with van der Waals surface area (Å²) < 4.78 is 1.95. The zero-order valence-corrected chi connectivity index (χ0v) is 10.7.